The van der Waals surface area contributed by atoms with Crippen molar-refractivity contribution in [2.24, 2.45) is 0 Å². The van der Waals surface area contributed by atoms with Crippen LogP contribution in [0.5, 0.6) is 0 Å². The monoisotopic (exact) mass is 223 g/mol. The minimum Gasteiger partial charge on any atom is -0.458 e. The normalized spacial score (nSPS) is 18.9. The summed E-state index contributed by atoms with van der Waals surface area (Å²) in [5, 5.41) is 7.23. The molecule has 1 aliphatic rings. The Labute approximate surface area is 94.8 Å². The van der Waals surface area contributed by atoms with Crippen molar-refractivity contribution in [1.82, 2.24) is 15.1 Å². The number of esters is 1. The molecule has 1 fully saturated rings. The highest BCUT2D eigenvalue weighted by molar-refractivity contribution is 5.81. The molecule has 0 spiro atoms. The number of carbonyl (C=O) groups excluding carboxylic acids is 1. The summed E-state index contributed by atoms with van der Waals surface area (Å²) in [6, 6.07) is 1.81. The van der Waals surface area contributed by atoms with Gasteiger partial charge in [-0.2, -0.15) is 5.10 Å². The molecule has 1 saturated heterocycles. The molecule has 1 aromatic rings. The number of rotatable bonds is 2. The largest absolute Gasteiger partial charge is 0.458 e. The molecular weight excluding hydrogens is 206 g/mol. The molecule has 1 N–H and O–H groups in total. The Bertz CT molecular complexity index is 374. The molecule has 5 heteroatoms. The molecule has 0 aliphatic carbocycles. The van der Waals surface area contributed by atoms with Gasteiger partial charge in [-0.15, -0.1) is 0 Å². The topological polar surface area (TPSA) is 56.2 Å². The molecule has 88 valence electrons. The smallest absolute Gasteiger partial charge is 0.337 e. The van der Waals surface area contributed by atoms with E-state index in [0.29, 0.717) is 13.1 Å². The molecule has 0 bridgehead atoms. The van der Waals surface area contributed by atoms with Crippen molar-refractivity contribution in [3.63, 3.8) is 0 Å². The van der Waals surface area contributed by atoms with Crippen LogP contribution in [-0.2, 0) is 15.1 Å². The van der Waals surface area contributed by atoms with E-state index in [4.69, 9.17) is 4.74 Å². The maximum Gasteiger partial charge on any atom is 0.337 e. The summed E-state index contributed by atoms with van der Waals surface area (Å²) in [5.41, 5.74) is -1.12. The molecule has 2 rings (SSSR count). The molecule has 0 amide bonds. The van der Waals surface area contributed by atoms with E-state index in [1.807, 2.05) is 26.8 Å². The van der Waals surface area contributed by atoms with E-state index in [-0.39, 0.29) is 5.97 Å². The second-order valence-corrected chi connectivity index (χ2v) is 5.09. The average Bonchev–Trinajstić information content (AvgIpc) is 2.50. The lowest BCUT2D eigenvalue weighted by atomic mass is 9.92. The van der Waals surface area contributed by atoms with Crippen molar-refractivity contribution in [2.75, 3.05) is 13.1 Å². The molecule has 1 aromatic heterocycles. The SMILES string of the molecule is CC(C)(C)OC(=O)C1(n2cccn2)CNC1. The van der Waals surface area contributed by atoms with Crippen LogP contribution in [0, 0.1) is 0 Å². The number of nitrogens with zero attached hydrogens (tertiary/aromatic N) is 2. The number of ether oxygens (including phenoxy) is 1. The average molecular weight is 223 g/mol. The van der Waals surface area contributed by atoms with Crippen LogP contribution in [-0.4, -0.2) is 34.4 Å². The number of nitrogens with one attached hydrogen (secondary N) is 1. The van der Waals surface area contributed by atoms with E-state index in [2.05, 4.69) is 10.4 Å². The van der Waals surface area contributed by atoms with E-state index < -0.39 is 11.1 Å². The highest BCUT2D eigenvalue weighted by Gasteiger charge is 2.49. The van der Waals surface area contributed by atoms with E-state index in [9.17, 15) is 4.79 Å². The molecular formula is C11H17N3O2. The van der Waals surface area contributed by atoms with E-state index in [1.54, 1.807) is 17.1 Å². The van der Waals surface area contributed by atoms with Crippen molar-refractivity contribution in [3.05, 3.63) is 18.5 Å². The summed E-state index contributed by atoms with van der Waals surface area (Å²) in [6.07, 6.45) is 3.47. The fourth-order valence-corrected chi connectivity index (χ4v) is 1.66. The van der Waals surface area contributed by atoms with Crippen LogP contribution in [0.25, 0.3) is 0 Å². The minimum atomic E-state index is -0.656. The number of hydrogen-bond acceptors (Lipinski definition) is 4. The lowest BCUT2D eigenvalue weighted by Gasteiger charge is -2.41. The van der Waals surface area contributed by atoms with Crippen LogP contribution in [0.4, 0.5) is 0 Å². The lowest BCUT2D eigenvalue weighted by molar-refractivity contribution is -0.170. The Morgan fingerprint density at radius 3 is 2.56 bits per heavy atom. The number of hydrogen-bond donors (Lipinski definition) is 1. The van der Waals surface area contributed by atoms with Gasteiger partial charge < -0.3 is 10.1 Å². The second kappa shape index (κ2) is 3.59. The quantitative estimate of drug-likeness (QED) is 0.743. The van der Waals surface area contributed by atoms with Gasteiger partial charge in [0, 0.05) is 25.5 Å². The molecule has 0 saturated carbocycles. The molecule has 16 heavy (non-hydrogen) atoms. The summed E-state index contributed by atoms with van der Waals surface area (Å²) in [5.74, 6) is -0.220. The predicted molar refractivity (Wildman–Crippen MR) is 58.9 cm³/mol. The number of carbonyl (C=O) groups is 1. The summed E-state index contributed by atoms with van der Waals surface area (Å²) in [7, 11) is 0. The highest BCUT2D eigenvalue weighted by Crippen LogP contribution is 2.25. The zero-order valence-corrected chi connectivity index (χ0v) is 9.86. The highest BCUT2D eigenvalue weighted by atomic mass is 16.6. The van der Waals surface area contributed by atoms with E-state index in [0.717, 1.165) is 0 Å². The molecule has 1 aliphatic heterocycles. The van der Waals surface area contributed by atoms with Crippen molar-refractivity contribution in [1.29, 1.82) is 0 Å². The second-order valence-electron chi connectivity index (χ2n) is 5.09. The van der Waals surface area contributed by atoms with Crippen molar-refractivity contribution in [2.45, 2.75) is 31.9 Å². The van der Waals surface area contributed by atoms with Gasteiger partial charge in [-0.3, -0.25) is 4.68 Å². The van der Waals surface area contributed by atoms with Gasteiger partial charge >= 0.3 is 5.97 Å². The maximum absolute atomic E-state index is 12.1. The van der Waals surface area contributed by atoms with Crippen LogP contribution in [0.15, 0.2) is 18.5 Å². The molecule has 0 radical (unpaired) electrons. The van der Waals surface area contributed by atoms with Gasteiger partial charge in [-0.25, -0.2) is 4.79 Å². The van der Waals surface area contributed by atoms with Gasteiger partial charge in [-0.05, 0) is 26.8 Å². The third-order valence-corrected chi connectivity index (χ3v) is 2.56. The summed E-state index contributed by atoms with van der Waals surface area (Å²) in [4.78, 5) is 12.1. The fraction of sp³-hybridized carbons (Fsp3) is 0.636. The first-order valence-electron chi connectivity index (χ1n) is 5.38. The molecule has 0 atom stereocenters. The Balaban J connectivity index is 2.20. The first kappa shape index (κ1) is 11.1. The van der Waals surface area contributed by atoms with Crippen LogP contribution in [0.2, 0.25) is 0 Å². The molecule has 0 unspecified atom stereocenters. The predicted octanol–water partition coefficient (Wildman–Crippen LogP) is 0.523. The van der Waals surface area contributed by atoms with Crippen molar-refractivity contribution >= 4 is 5.97 Å². The van der Waals surface area contributed by atoms with Crippen LogP contribution >= 0.6 is 0 Å². The number of aromatic nitrogens is 2. The van der Waals surface area contributed by atoms with Crippen LogP contribution < -0.4 is 5.32 Å². The van der Waals surface area contributed by atoms with E-state index >= 15 is 0 Å². The zero-order valence-electron chi connectivity index (χ0n) is 9.86. The maximum atomic E-state index is 12.1. The van der Waals surface area contributed by atoms with Gasteiger partial charge in [0.25, 0.3) is 0 Å². The third-order valence-electron chi connectivity index (χ3n) is 2.56. The molecule has 5 nitrogen and oxygen atoms in total. The van der Waals surface area contributed by atoms with Crippen LogP contribution in [0.1, 0.15) is 20.8 Å². The Kier molecular flexibility index (Phi) is 2.50. The third kappa shape index (κ3) is 1.82. The van der Waals surface area contributed by atoms with Crippen molar-refractivity contribution in [3.8, 4) is 0 Å². The Morgan fingerprint density at radius 2 is 2.19 bits per heavy atom. The summed E-state index contributed by atoms with van der Waals surface area (Å²) in [6.45, 7) is 6.75. The standard InChI is InChI=1S/C11H17N3O2/c1-10(2,3)16-9(15)11(7-12-8-11)14-6-4-5-13-14/h4-6,12H,7-8H2,1-3H3. The Morgan fingerprint density at radius 1 is 1.50 bits per heavy atom. The fourth-order valence-electron chi connectivity index (χ4n) is 1.66. The first-order chi connectivity index (χ1) is 7.44. The molecule has 0 aromatic carbocycles. The van der Waals surface area contributed by atoms with E-state index in [1.165, 1.54) is 0 Å². The van der Waals surface area contributed by atoms with Gasteiger partial charge in [0.15, 0.2) is 5.54 Å². The first-order valence-corrected chi connectivity index (χ1v) is 5.38. The van der Waals surface area contributed by atoms with Gasteiger partial charge in [-0.1, -0.05) is 0 Å². The van der Waals surface area contributed by atoms with Gasteiger partial charge in [0.1, 0.15) is 5.60 Å². The molecule has 2 heterocycles. The Hall–Kier alpha value is -1.36. The van der Waals surface area contributed by atoms with Gasteiger partial charge in [0.2, 0.25) is 0 Å². The summed E-state index contributed by atoms with van der Waals surface area (Å²) < 4.78 is 7.11. The zero-order chi connectivity index (χ0) is 11.8. The van der Waals surface area contributed by atoms with Crippen molar-refractivity contribution < 1.29 is 9.53 Å². The minimum absolute atomic E-state index is 0.220. The van der Waals surface area contributed by atoms with Gasteiger partial charge in [0.05, 0.1) is 0 Å². The summed E-state index contributed by atoms with van der Waals surface area (Å²) >= 11 is 0. The van der Waals surface area contributed by atoms with Crippen LogP contribution in [0.3, 0.4) is 0 Å². The lowest BCUT2D eigenvalue weighted by Crippen LogP contribution is -2.66.